The molecule has 1 aromatic heterocycles. The minimum atomic E-state index is -4.57. The van der Waals surface area contributed by atoms with E-state index in [0.717, 1.165) is 12.1 Å². The van der Waals surface area contributed by atoms with Crippen molar-refractivity contribution in [3.63, 3.8) is 0 Å². The molecule has 1 heterocycles. The van der Waals surface area contributed by atoms with Gasteiger partial charge < -0.3 is 10.4 Å². The molecule has 0 unspecified atom stereocenters. The highest BCUT2D eigenvalue weighted by Crippen LogP contribution is 2.36. The lowest BCUT2D eigenvalue weighted by atomic mass is 9.97. The number of alkyl halides is 3. The lowest BCUT2D eigenvalue weighted by Crippen LogP contribution is -2.08. The number of carbonyl (C=O) groups excluding carboxylic acids is 1. The van der Waals surface area contributed by atoms with Crippen LogP contribution >= 0.6 is 23.2 Å². The SMILES string of the molecule is O=C(O)CCCC(=O)c1ccc(-c2cc(C(F)(F)F)ccc2CNc2ccc(-c3ccc(Cl)cc3F)c(Cl)c2)cn1. The fraction of sp³-hybridized carbons (Fsp3) is 0.167. The van der Waals surface area contributed by atoms with Crippen LogP contribution in [0.15, 0.2) is 72.9 Å². The first-order valence-electron chi connectivity index (χ1n) is 12.3. The molecule has 0 saturated heterocycles. The molecule has 4 aromatic rings. The standard InChI is InChI=1S/C30H22Cl2F4N2O3/c31-20-7-9-23(26(33)13-20)22-10-8-21(14-25(22)32)37-15-17-4-6-19(30(34,35)36)12-24(17)18-5-11-27(38-16-18)28(39)2-1-3-29(40)41/h4-14,16,37H,1-3,15H2,(H,40,41). The number of pyridine rings is 1. The van der Waals surface area contributed by atoms with Gasteiger partial charge in [-0.3, -0.25) is 14.6 Å². The molecule has 0 bridgehead atoms. The Labute approximate surface area is 242 Å². The van der Waals surface area contributed by atoms with Crippen LogP contribution in [0.1, 0.15) is 40.9 Å². The van der Waals surface area contributed by atoms with Crippen LogP contribution in [-0.4, -0.2) is 21.8 Å². The van der Waals surface area contributed by atoms with Crippen molar-refractivity contribution in [2.45, 2.75) is 32.0 Å². The van der Waals surface area contributed by atoms with E-state index in [4.69, 9.17) is 28.3 Å². The third-order valence-electron chi connectivity index (χ3n) is 6.27. The molecular weight excluding hydrogens is 583 g/mol. The quantitative estimate of drug-likeness (QED) is 0.139. The largest absolute Gasteiger partial charge is 0.481 e. The van der Waals surface area contributed by atoms with Gasteiger partial charge in [0.25, 0.3) is 0 Å². The van der Waals surface area contributed by atoms with Gasteiger partial charge in [-0.1, -0.05) is 41.4 Å². The number of aromatic nitrogens is 1. The highest BCUT2D eigenvalue weighted by atomic mass is 35.5. The number of benzene rings is 3. The van der Waals surface area contributed by atoms with Gasteiger partial charge in [-0.05, 0) is 66.1 Å². The Morgan fingerprint density at radius 1 is 0.878 bits per heavy atom. The van der Waals surface area contributed by atoms with Crippen LogP contribution in [0.25, 0.3) is 22.3 Å². The third kappa shape index (κ3) is 7.62. The zero-order chi connectivity index (χ0) is 29.7. The molecule has 3 aromatic carbocycles. The molecule has 0 atom stereocenters. The van der Waals surface area contributed by atoms with Crippen molar-refractivity contribution >= 4 is 40.6 Å². The van der Waals surface area contributed by atoms with Gasteiger partial charge in [0.2, 0.25) is 0 Å². The number of Topliss-reactive ketones (excluding diaryl/α,β-unsaturated/α-hetero) is 1. The van der Waals surface area contributed by atoms with Crippen LogP contribution in [-0.2, 0) is 17.5 Å². The number of ketones is 1. The number of rotatable bonds is 10. The van der Waals surface area contributed by atoms with Crippen LogP contribution in [0.4, 0.5) is 23.2 Å². The summed E-state index contributed by atoms with van der Waals surface area (Å²) >= 11 is 12.2. The Morgan fingerprint density at radius 2 is 1.63 bits per heavy atom. The van der Waals surface area contributed by atoms with Crippen LogP contribution in [0.2, 0.25) is 10.0 Å². The van der Waals surface area contributed by atoms with Crippen molar-refractivity contribution in [2.75, 3.05) is 5.32 Å². The number of carboxylic acid groups (broad SMARTS) is 1. The van der Waals surface area contributed by atoms with E-state index in [2.05, 4.69) is 10.3 Å². The Bertz CT molecular complexity index is 1590. The molecule has 212 valence electrons. The fourth-order valence-corrected chi connectivity index (χ4v) is 4.61. The van der Waals surface area contributed by atoms with E-state index in [1.165, 1.54) is 36.5 Å². The Kier molecular flexibility index (Phi) is 9.30. The molecule has 0 aliphatic heterocycles. The summed E-state index contributed by atoms with van der Waals surface area (Å²) in [6.07, 6.45) is -3.27. The van der Waals surface area contributed by atoms with E-state index in [1.807, 2.05) is 0 Å². The third-order valence-corrected chi connectivity index (χ3v) is 6.81. The number of hydrogen-bond acceptors (Lipinski definition) is 4. The molecule has 0 aliphatic rings. The normalized spacial score (nSPS) is 11.4. The molecule has 2 N–H and O–H groups in total. The summed E-state index contributed by atoms with van der Waals surface area (Å²) in [6.45, 7) is 0.119. The highest BCUT2D eigenvalue weighted by molar-refractivity contribution is 6.33. The summed E-state index contributed by atoms with van der Waals surface area (Å²) in [5.41, 5.74) is 1.67. The zero-order valence-corrected chi connectivity index (χ0v) is 22.7. The van der Waals surface area contributed by atoms with Gasteiger partial charge in [0.15, 0.2) is 5.78 Å². The van der Waals surface area contributed by atoms with E-state index < -0.39 is 23.5 Å². The molecule has 0 spiro atoms. The van der Waals surface area contributed by atoms with Crippen LogP contribution < -0.4 is 5.32 Å². The molecule has 0 aliphatic carbocycles. The minimum Gasteiger partial charge on any atom is -0.481 e. The lowest BCUT2D eigenvalue weighted by Gasteiger charge is -2.16. The van der Waals surface area contributed by atoms with Crippen LogP contribution in [0.3, 0.4) is 0 Å². The number of carbonyl (C=O) groups is 2. The topological polar surface area (TPSA) is 79.3 Å². The molecule has 0 amide bonds. The Morgan fingerprint density at radius 3 is 2.27 bits per heavy atom. The summed E-state index contributed by atoms with van der Waals surface area (Å²) in [4.78, 5) is 27.1. The average Bonchev–Trinajstić information content (AvgIpc) is 2.91. The second-order valence-electron chi connectivity index (χ2n) is 9.14. The number of halogens is 6. The van der Waals surface area contributed by atoms with Gasteiger partial charge in [0.1, 0.15) is 11.5 Å². The van der Waals surface area contributed by atoms with Crippen molar-refractivity contribution in [3.8, 4) is 22.3 Å². The van der Waals surface area contributed by atoms with Gasteiger partial charge in [-0.15, -0.1) is 0 Å². The summed E-state index contributed by atoms with van der Waals surface area (Å²) in [5, 5.41) is 12.4. The molecular formula is C30H22Cl2F4N2O3. The van der Waals surface area contributed by atoms with Crippen LogP contribution in [0, 0.1) is 5.82 Å². The number of aliphatic carboxylic acids is 1. The molecule has 5 nitrogen and oxygen atoms in total. The minimum absolute atomic E-state index is 0.0105. The molecule has 11 heteroatoms. The summed E-state index contributed by atoms with van der Waals surface area (Å²) in [7, 11) is 0. The average molecular weight is 605 g/mol. The molecule has 0 radical (unpaired) electrons. The molecule has 0 fully saturated rings. The van der Waals surface area contributed by atoms with E-state index in [1.54, 1.807) is 24.3 Å². The monoisotopic (exact) mass is 604 g/mol. The number of hydrogen-bond donors (Lipinski definition) is 2. The number of anilines is 1. The van der Waals surface area contributed by atoms with E-state index in [0.29, 0.717) is 22.4 Å². The molecule has 41 heavy (non-hydrogen) atoms. The van der Waals surface area contributed by atoms with E-state index in [-0.39, 0.29) is 58.5 Å². The molecule has 4 rings (SSSR count). The number of carboxylic acids is 1. The smallest absolute Gasteiger partial charge is 0.416 e. The summed E-state index contributed by atoms with van der Waals surface area (Å²) in [5.74, 6) is -1.90. The van der Waals surface area contributed by atoms with Crippen molar-refractivity contribution in [2.24, 2.45) is 0 Å². The van der Waals surface area contributed by atoms with Crippen molar-refractivity contribution < 1.29 is 32.3 Å². The van der Waals surface area contributed by atoms with E-state index >= 15 is 0 Å². The van der Waals surface area contributed by atoms with Gasteiger partial charge >= 0.3 is 12.1 Å². The Hall–Kier alpha value is -3.95. The maximum atomic E-state index is 14.4. The number of nitrogens with one attached hydrogen (secondary N) is 1. The first-order chi connectivity index (χ1) is 19.4. The summed E-state index contributed by atoms with van der Waals surface area (Å²) < 4.78 is 54.9. The van der Waals surface area contributed by atoms with E-state index in [9.17, 15) is 27.2 Å². The summed E-state index contributed by atoms with van der Waals surface area (Å²) in [6, 6.07) is 15.4. The van der Waals surface area contributed by atoms with Gasteiger partial charge in [-0.25, -0.2) is 4.39 Å². The fourth-order valence-electron chi connectivity index (χ4n) is 4.17. The van der Waals surface area contributed by atoms with Crippen molar-refractivity contribution in [3.05, 3.63) is 106 Å². The van der Waals surface area contributed by atoms with Crippen molar-refractivity contribution in [1.29, 1.82) is 0 Å². The van der Waals surface area contributed by atoms with Gasteiger partial charge in [0.05, 0.1) is 10.6 Å². The van der Waals surface area contributed by atoms with Crippen molar-refractivity contribution in [1.82, 2.24) is 4.98 Å². The predicted molar refractivity (Wildman–Crippen MR) is 150 cm³/mol. The zero-order valence-electron chi connectivity index (χ0n) is 21.2. The second kappa shape index (κ2) is 12.7. The predicted octanol–water partition coefficient (Wildman–Crippen LogP) is 8.93. The number of nitrogens with zero attached hydrogens (tertiary/aromatic N) is 1. The highest BCUT2D eigenvalue weighted by Gasteiger charge is 2.31. The lowest BCUT2D eigenvalue weighted by molar-refractivity contribution is -0.138. The maximum absolute atomic E-state index is 14.4. The maximum Gasteiger partial charge on any atom is 0.416 e. The first-order valence-corrected chi connectivity index (χ1v) is 13.1. The second-order valence-corrected chi connectivity index (χ2v) is 9.99. The Balaban J connectivity index is 1.57. The van der Waals surface area contributed by atoms with Crippen LogP contribution in [0.5, 0.6) is 0 Å². The first kappa shape index (κ1) is 30.0. The molecule has 0 saturated carbocycles. The van der Waals surface area contributed by atoms with Gasteiger partial charge in [0, 0.05) is 53.0 Å². The van der Waals surface area contributed by atoms with Gasteiger partial charge in [-0.2, -0.15) is 13.2 Å².